The number of carbonyl (C=O) groups is 3. The van der Waals surface area contributed by atoms with Crippen LogP contribution in [-0.2, 0) is 14.3 Å². The molecule has 1 aromatic rings. The van der Waals surface area contributed by atoms with Crippen LogP contribution in [0, 0.1) is 24.7 Å². The molecule has 0 unspecified atom stereocenters. The highest BCUT2D eigenvalue weighted by Gasteiger charge is 2.16. The van der Waals surface area contributed by atoms with Gasteiger partial charge in [-0.2, -0.15) is 0 Å². The molecule has 0 atom stereocenters. The van der Waals surface area contributed by atoms with Crippen LogP contribution in [-0.4, -0.2) is 31.1 Å². The highest BCUT2D eigenvalue weighted by molar-refractivity contribution is 5.96. The summed E-state index contributed by atoms with van der Waals surface area (Å²) in [5, 5.41) is 0. The van der Waals surface area contributed by atoms with Gasteiger partial charge in [0.25, 0.3) is 0 Å². The number of ether oxygens (including phenoxy) is 3. The standard InChI is InChI=1S/C17H12O6/c1-4-7-21-16(19)12-9-13(17(20)22-8-5-2)11-14(10-12)23-15(18)6-3/h1-2,6,9-11H,3,7-8H2. The van der Waals surface area contributed by atoms with Crippen molar-refractivity contribution in [1.82, 2.24) is 0 Å². The van der Waals surface area contributed by atoms with Gasteiger partial charge in [0.1, 0.15) is 5.75 Å². The van der Waals surface area contributed by atoms with Gasteiger partial charge in [-0.25, -0.2) is 14.4 Å². The summed E-state index contributed by atoms with van der Waals surface area (Å²) in [6.07, 6.45) is 10.9. The summed E-state index contributed by atoms with van der Waals surface area (Å²) in [7, 11) is 0. The van der Waals surface area contributed by atoms with Crippen LogP contribution >= 0.6 is 0 Å². The van der Waals surface area contributed by atoms with Crippen LogP contribution in [0.1, 0.15) is 20.7 Å². The number of hydrogen-bond acceptors (Lipinski definition) is 6. The molecular formula is C17H12O6. The van der Waals surface area contributed by atoms with Gasteiger partial charge >= 0.3 is 17.9 Å². The zero-order chi connectivity index (χ0) is 17.2. The monoisotopic (exact) mass is 312 g/mol. The Morgan fingerprint density at radius 3 is 1.87 bits per heavy atom. The molecule has 0 N–H and O–H groups in total. The smallest absolute Gasteiger partial charge is 0.339 e. The van der Waals surface area contributed by atoms with E-state index in [0.29, 0.717) is 0 Å². The second kappa shape index (κ2) is 8.71. The van der Waals surface area contributed by atoms with Crippen LogP contribution in [0.3, 0.4) is 0 Å². The lowest BCUT2D eigenvalue weighted by Crippen LogP contribution is -2.11. The first-order valence-electron chi connectivity index (χ1n) is 6.22. The van der Waals surface area contributed by atoms with Crippen molar-refractivity contribution in [2.24, 2.45) is 0 Å². The molecule has 6 heteroatoms. The number of terminal acetylenes is 2. The fraction of sp³-hybridized carbons (Fsp3) is 0.118. The fourth-order valence-corrected chi connectivity index (χ4v) is 1.43. The molecule has 0 aliphatic heterocycles. The first-order chi connectivity index (χ1) is 11.0. The Balaban J connectivity index is 3.16. The van der Waals surface area contributed by atoms with Gasteiger partial charge in [0.2, 0.25) is 0 Å². The number of rotatable bonds is 6. The van der Waals surface area contributed by atoms with E-state index in [2.05, 4.69) is 18.4 Å². The molecule has 6 nitrogen and oxygen atoms in total. The van der Waals surface area contributed by atoms with E-state index < -0.39 is 17.9 Å². The molecule has 0 saturated carbocycles. The summed E-state index contributed by atoms with van der Waals surface area (Å²) >= 11 is 0. The molecule has 0 amide bonds. The third kappa shape index (κ3) is 5.41. The van der Waals surface area contributed by atoms with E-state index in [1.807, 2.05) is 0 Å². The van der Waals surface area contributed by atoms with Crippen molar-refractivity contribution in [3.8, 4) is 30.4 Å². The molecule has 0 bridgehead atoms. The number of hydrogen-bond donors (Lipinski definition) is 0. The van der Waals surface area contributed by atoms with E-state index in [0.717, 1.165) is 6.08 Å². The summed E-state index contributed by atoms with van der Waals surface area (Å²) < 4.78 is 14.4. The van der Waals surface area contributed by atoms with Crippen molar-refractivity contribution in [3.05, 3.63) is 42.0 Å². The van der Waals surface area contributed by atoms with E-state index in [1.165, 1.54) is 18.2 Å². The number of benzene rings is 1. The third-order valence-corrected chi connectivity index (χ3v) is 2.34. The van der Waals surface area contributed by atoms with Crippen LogP contribution in [0.4, 0.5) is 0 Å². The van der Waals surface area contributed by atoms with Crippen LogP contribution < -0.4 is 4.74 Å². The molecule has 0 saturated heterocycles. The Bertz CT molecular complexity index is 669. The molecule has 0 spiro atoms. The van der Waals surface area contributed by atoms with Crippen molar-refractivity contribution in [2.75, 3.05) is 13.2 Å². The molecule has 1 rings (SSSR count). The van der Waals surface area contributed by atoms with E-state index in [9.17, 15) is 14.4 Å². The third-order valence-electron chi connectivity index (χ3n) is 2.34. The van der Waals surface area contributed by atoms with Crippen LogP contribution in [0.2, 0.25) is 0 Å². The zero-order valence-electron chi connectivity index (χ0n) is 12.0. The molecule has 116 valence electrons. The minimum absolute atomic E-state index is 0.0396. The van der Waals surface area contributed by atoms with E-state index in [-0.39, 0.29) is 30.1 Å². The largest absolute Gasteiger partial charge is 0.449 e. The average molecular weight is 312 g/mol. The normalized spacial score (nSPS) is 8.96. The zero-order valence-corrected chi connectivity index (χ0v) is 12.0. The second-order valence-corrected chi connectivity index (χ2v) is 3.93. The molecule has 0 fully saturated rings. The topological polar surface area (TPSA) is 78.9 Å². The van der Waals surface area contributed by atoms with Crippen molar-refractivity contribution >= 4 is 17.9 Å². The van der Waals surface area contributed by atoms with Gasteiger partial charge in [0, 0.05) is 6.08 Å². The molecule has 1 aromatic carbocycles. The Kier molecular flexibility index (Phi) is 6.64. The maximum Gasteiger partial charge on any atom is 0.339 e. The molecule has 0 heterocycles. The minimum atomic E-state index is -0.787. The van der Waals surface area contributed by atoms with E-state index in [1.54, 1.807) is 0 Å². The summed E-state index contributed by atoms with van der Waals surface area (Å²) in [4.78, 5) is 34.9. The maximum atomic E-state index is 11.8. The van der Waals surface area contributed by atoms with Crippen molar-refractivity contribution < 1.29 is 28.6 Å². The number of esters is 3. The van der Waals surface area contributed by atoms with Gasteiger partial charge in [-0.3, -0.25) is 0 Å². The fourth-order valence-electron chi connectivity index (χ4n) is 1.43. The van der Waals surface area contributed by atoms with Gasteiger partial charge in [-0.05, 0) is 18.2 Å². The summed E-state index contributed by atoms with van der Waals surface area (Å²) in [6, 6.07) is 3.65. The Morgan fingerprint density at radius 2 is 1.48 bits per heavy atom. The quantitative estimate of drug-likeness (QED) is 0.341. The Labute approximate surface area is 133 Å². The highest BCUT2D eigenvalue weighted by Crippen LogP contribution is 2.19. The molecule has 0 radical (unpaired) electrons. The molecule has 23 heavy (non-hydrogen) atoms. The van der Waals surface area contributed by atoms with Crippen LogP contribution in [0.5, 0.6) is 5.75 Å². The van der Waals surface area contributed by atoms with Gasteiger partial charge < -0.3 is 14.2 Å². The van der Waals surface area contributed by atoms with Crippen LogP contribution in [0.25, 0.3) is 0 Å². The lowest BCUT2D eigenvalue weighted by Gasteiger charge is -2.08. The highest BCUT2D eigenvalue weighted by atomic mass is 16.5. The van der Waals surface area contributed by atoms with E-state index >= 15 is 0 Å². The molecule has 0 aliphatic rings. The summed E-state index contributed by atoms with van der Waals surface area (Å²) in [5.41, 5.74) is -0.0791. The van der Waals surface area contributed by atoms with E-state index in [4.69, 9.17) is 27.1 Å². The van der Waals surface area contributed by atoms with Gasteiger partial charge in [0.15, 0.2) is 13.2 Å². The average Bonchev–Trinajstić information content (AvgIpc) is 2.56. The molecular weight excluding hydrogens is 300 g/mol. The molecule has 0 aromatic heterocycles. The lowest BCUT2D eigenvalue weighted by atomic mass is 10.1. The Hall–Kier alpha value is -3.51. The van der Waals surface area contributed by atoms with Gasteiger partial charge in [-0.1, -0.05) is 18.4 Å². The predicted octanol–water partition coefficient (Wildman–Crippen LogP) is 1.36. The summed E-state index contributed by atoms with van der Waals surface area (Å²) in [6.45, 7) is 2.76. The minimum Gasteiger partial charge on any atom is -0.449 e. The first kappa shape index (κ1) is 17.5. The lowest BCUT2D eigenvalue weighted by molar-refractivity contribution is -0.128. The summed E-state index contributed by atoms with van der Waals surface area (Å²) in [5.74, 6) is 1.88. The van der Waals surface area contributed by atoms with Crippen molar-refractivity contribution in [3.63, 3.8) is 0 Å². The van der Waals surface area contributed by atoms with Crippen molar-refractivity contribution in [1.29, 1.82) is 0 Å². The SMILES string of the molecule is C#CCOC(=O)c1cc(OC(=O)C=C)cc(C(=O)OCC#C)c1. The Morgan fingerprint density at radius 1 is 1.00 bits per heavy atom. The first-order valence-corrected chi connectivity index (χ1v) is 6.22. The number of carbonyl (C=O) groups excluding carboxylic acids is 3. The second-order valence-electron chi connectivity index (χ2n) is 3.93. The van der Waals surface area contributed by atoms with Gasteiger partial charge in [-0.15, -0.1) is 12.8 Å². The van der Waals surface area contributed by atoms with Crippen LogP contribution in [0.15, 0.2) is 30.9 Å². The molecule has 0 aliphatic carbocycles. The van der Waals surface area contributed by atoms with Crippen molar-refractivity contribution in [2.45, 2.75) is 0 Å². The van der Waals surface area contributed by atoms with Gasteiger partial charge in [0.05, 0.1) is 11.1 Å². The predicted molar refractivity (Wildman–Crippen MR) is 80.5 cm³/mol. The maximum absolute atomic E-state index is 11.8.